The summed E-state index contributed by atoms with van der Waals surface area (Å²) in [5.41, 5.74) is 7.76. The number of anilines is 1. The number of para-hydroxylation sites is 1. The maximum Gasteiger partial charge on any atom is 0.176 e. The number of Topliss-reactive ketones (excluding diaryl/α,β-unsaturated/α-hetero) is 1. The highest BCUT2D eigenvalue weighted by molar-refractivity contribution is 5.92. The summed E-state index contributed by atoms with van der Waals surface area (Å²) in [7, 11) is 0. The largest absolute Gasteiger partial charge is 0.395 e. The minimum atomic E-state index is -0.133. The number of ketones is 1. The third-order valence-electron chi connectivity index (χ3n) is 1.93. The van der Waals surface area contributed by atoms with Crippen LogP contribution in [0.5, 0.6) is 0 Å². The molecule has 0 unspecified atom stereocenters. The predicted octanol–water partition coefficient (Wildman–Crippen LogP) is 1.80. The van der Waals surface area contributed by atoms with Crippen molar-refractivity contribution in [3.05, 3.63) is 41.7 Å². The van der Waals surface area contributed by atoms with E-state index in [0.717, 1.165) is 11.3 Å². The highest BCUT2D eigenvalue weighted by Gasteiger charge is 1.97. The number of nitrogens with one attached hydrogen (secondary N) is 1. The molecular formula is C11H14N2O. The van der Waals surface area contributed by atoms with E-state index in [1.807, 2.05) is 31.2 Å². The fourth-order valence-corrected chi connectivity index (χ4v) is 0.992. The predicted molar refractivity (Wildman–Crippen MR) is 57.8 cm³/mol. The van der Waals surface area contributed by atoms with Gasteiger partial charge in [-0.15, -0.1) is 0 Å². The van der Waals surface area contributed by atoms with Gasteiger partial charge in [-0.3, -0.25) is 4.79 Å². The Morgan fingerprint density at radius 3 is 2.64 bits per heavy atom. The second kappa shape index (κ2) is 4.46. The molecule has 14 heavy (non-hydrogen) atoms. The second-order valence-corrected chi connectivity index (χ2v) is 3.12. The minimum Gasteiger partial charge on any atom is -0.395 e. The highest BCUT2D eigenvalue weighted by Crippen LogP contribution is 2.12. The number of nitrogens with two attached hydrogens (primary N) is 1. The van der Waals surface area contributed by atoms with E-state index >= 15 is 0 Å². The fourth-order valence-electron chi connectivity index (χ4n) is 0.992. The standard InChI is InChI=1S/C11H14N2O/c1-8-5-3-4-6-11(8)13-7-10(12)9(2)14/h3-7,13H,12H2,1-2H3. The van der Waals surface area contributed by atoms with Crippen LogP contribution in [-0.2, 0) is 4.79 Å². The van der Waals surface area contributed by atoms with E-state index in [2.05, 4.69) is 5.32 Å². The Morgan fingerprint density at radius 1 is 1.43 bits per heavy atom. The summed E-state index contributed by atoms with van der Waals surface area (Å²) in [5, 5.41) is 2.99. The number of aryl methyl sites for hydroxylation is 1. The Labute approximate surface area is 83.6 Å². The quantitative estimate of drug-likeness (QED) is 0.714. The van der Waals surface area contributed by atoms with Crippen LogP contribution in [0.2, 0.25) is 0 Å². The summed E-state index contributed by atoms with van der Waals surface area (Å²) in [6, 6.07) is 7.80. The molecule has 0 heterocycles. The average Bonchev–Trinajstić information content (AvgIpc) is 2.16. The van der Waals surface area contributed by atoms with Gasteiger partial charge in [0.2, 0.25) is 0 Å². The van der Waals surface area contributed by atoms with Gasteiger partial charge in [-0.05, 0) is 18.6 Å². The number of benzene rings is 1. The van der Waals surface area contributed by atoms with Gasteiger partial charge in [0.15, 0.2) is 5.78 Å². The van der Waals surface area contributed by atoms with Gasteiger partial charge in [-0.2, -0.15) is 0 Å². The van der Waals surface area contributed by atoms with E-state index in [1.165, 1.54) is 13.1 Å². The monoisotopic (exact) mass is 190 g/mol. The molecule has 74 valence electrons. The van der Waals surface area contributed by atoms with Crippen molar-refractivity contribution in [3.8, 4) is 0 Å². The fraction of sp³-hybridized carbons (Fsp3) is 0.182. The molecule has 0 aliphatic heterocycles. The number of allylic oxidation sites excluding steroid dienone is 1. The lowest BCUT2D eigenvalue weighted by atomic mass is 10.2. The molecule has 0 spiro atoms. The van der Waals surface area contributed by atoms with Crippen LogP contribution < -0.4 is 11.1 Å². The van der Waals surface area contributed by atoms with E-state index < -0.39 is 0 Å². The molecule has 0 aromatic heterocycles. The lowest BCUT2D eigenvalue weighted by Crippen LogP contribution is -2.09. The summed E-state index contributed by atoms with van der Waals surface area (Å²) < 4.78 is 0. The molecule has 0 fully saturated rings. The zero-order valence-electron chi connectivity index (χ0n) is 8.37. The Kier molecular flexibility index (Phi) is 3.29. The third-order valence-corrected chi connectivity index (χ3v) is 1.93. The first kappa shape index (κ1) is 10.3. The van der Waals surface area contributed by atoms with E-state index in [9.17, 15) is 4.79 Å². The number of hydrogen-bond acceptors (Lipinski definition) is 3. The first-order valence-electron chi connectivity index (χ1n) is 4.40. The molecule has 1 rings (SSSR count). The Balaban J connectivity index is 2.76. The van der Waals surface area contributed by atoms with Crippen LogP contribution in [0.15, 0.2) is 36.2 Å². The lowest BCUT2D eigenvalue weighted by Gasteiger charge is -2.04. The Bertz CT molecular complexity index is 369. The molecule has 3 nitrogen and oxygen atoms in total. The van der Waals surface area contributed by atoms with Crippen molar-refractivity contribution in [1.82, 2.24) is 0 Å². The van der Waals surface area contributed by atoms with Gasteiger partial charge >= 0.3 is 0 Å². The molecule has 0 saturated carbocycles. The first-order valence-corrected chi connectivity index (χ1v) is 4.40. The third kappa shape index (κ3) is 2.62. The van der Waals surface area contributed by atoms with Crippen molar-refractivity contribution in [1.29, 1.82) is 0 Å². The number of hydrogen-bond donors (Lipinski definition) is 2. The second-order valence-electron chi connectivity index (χ2n) is 3.12. The number of rotatable bonds is 3. The number of carbonyl (C=O) groups excluding carboxylic acids is 1. The smallest absolute Gasteiger partial charge is 0.176 e. The molecule has 0 radical (unpaired) electrons. The van der Waals surface area contributed by atoms with Gasteiger partial charge in [-0.25, -0.2) is 0 Å². The topological polar surface area (TPSA) is 55.1 Å². The van der Waals surface area contributed by atoms with Crippen molar-refractivity contribution in [3.63, 3.8) is 0 Å². The molecular weight excluding hydrogens is 176 g/mol. The van der Waals surface area contributed by atoms with Crippen LogP contribution in [0.25, 0.3) is 0 Å². The van der Waals surface area contributed by atoms with Gasteiger partial charge in [0.05, 0.1) is 5.70 Å². The van der Waals surface area contributed by atoms with Crippen molar-refractivity contribution in [2.24, 2.45) is 5.73 Å². The molecule has 0 saturated heterocycles. The molecule has 1 aromatic carbocycles. The van der Waals surface area contributed by atoms with Crippen molar-refractivity contribution < 1.29 is 4.79 Å². The molecule has 0 amide bonds. The molecule has 3 heteroatoms. The minimum absolute atomic E-state index is 0.133. The van der Waals surface area contributed by atoms with Gasteiger partial charge < -0.3 is 11.1 Å². The Morgan fingerprint density at radius 2 is 2.07 bits per heavy atom. The zero-order valence-corrected chi connectivity index (χ0v) is 8.37. The van der Waals surface area contributed by atoms with Gasteiger partial charge in [0.25, 0.3) is 0 Å². The highest BCUT2D eigenvalue weighted by atomic mass is 16.1. The van der Waals surface area contributed by atoms with E-state index in [4.69, 9.17) is 5.73 Å². The SMILES string of the molecule is CC(=O)C(N)=CNc1ccccc1C. The first-order chi connectivity index (χ1) is 6.61. The lowest BCUT2D eigenvalue weighted by molar-refractivity contribution is -0.113. The van der Waals surface area contributed by atoms with Gasteiger partial charge in [-0.1, -0.05) is 18.2 Å². The maximum atomic E-state index is 10.8. The number of carbonyl (C=O) groups is 1. The van der Waals surface area contributed by atoms with Crippen LogP contribution in [0, 0.1) is 6.92 Å². The Hall–Kier alpha value is -1.77. The zero-order chi connectivity index (χ0) is 10.6. The van der Waals surface area contributed by atoms with Crippen LogP contribution in [-0.4, -0.2) is 5.78 Å². The van der Waals surface area contributed by atoms with Crippen LogP contribution >= 0.6 is 0 Å². The van der Waals surface area contributed by atoms with Crippen molar-refractivity contribution >= 4 is 11.5 Å². The van der Waals surface area contributed by atoms with E-state index in [1.54, 1.807) is 0 Å². The summed E-state index contributed by atoms with van der Waals surface area (Å²) in [6.45, 7) is 3.42. The maximum absolute atomic E-state index is 10.8. The van der Waals surface area contributed by atoms with Crippen molar-refractivity contribution in [2.45, 2.75) is 13.8 Å². The van der Waals surface area contributed by atoms with E-state index in [0.29, 0.717) is 0 Å². The molecule has 0 bridgehead atoms. The summed E-state index contributed by atoms with van der Waals surface area (Å²) in [5.74, 6) is -0.133. The van der Waals surface area contributed by atoms with Gasteiger partial charge in [0, 0.05) is 18.8 Å². The van der Waals surface area contributed by atoms with Gasteiger partial charge in [0.1, 0.15) is 0 Å². The molecule has 0 aliphatic rings. The molecule has 0 atom stereocenters. The van der Waals surface area contributed by atoms with E-state index in [-0.39, 0.29) is 11.5 Å². The molecule has 3 N–H and O–H groups in total. The van der Waals surface area contributed by atoms with Crippen LogP contribution in [0.1, 0.15) is 12.5 Å². The molecule has 1 aromatic rings. The average molecular weight is 190 g/mol. The van der Waals surface area contributed by atoms with Crippen molar-refractivity contribution in [2.75, 3.05) is 5.32 Å². The molecule has 0 aliphatic carbocycles. The normalized spacial score (nSPS) is 11.1. The summed E-state index contributed by atoms with van der Waals surface area (Å²) in [4.78, 5) is 10.8. The van der Waals surface area contributed by atoms with Crippen LogP contribution in [0.4, 0.5) is 5.69 Å². The summed E-state index contributed by atoms with van der Waals surface area (Å²) >= 11 is 0. The van der Waals surface area contributed by atoms with Crippen LogP contribution in [0.3, 0.4) is 0 Å². The summed E-state index contributed by atoms with van der Waals surface area (Å²) in [6.07, 6.45) is 1.52.